The van der Waals surface area contributed by atoms with Crippen LogP contribution in [0.1, 0.15) is 5.56 Å². The van der Waals surface area contributed by atoms with Crippen molar-refractivity contribution in [3.05, 3.63) is 70.7 Å². The number of nitrogens with zero attached hydrogens (tertiary/aromatic N) is 1. The molecule has 1 heterocycles. The van der Waals surface area contributed by atoms with Crippen molar-refractivity contribution in [2.24, 2.45) is 0 Å². The average molecular weight is 319 g/mol. The highest BCUT2D eigenvalue weighted by molar-refractivity contribution is 6.34. The third-order valence-corrected chi connectivity index (χ3v) is 3.46. The van der Waals surface area contributed by atoms with E-state index in [1.54, 1.807) is 12.3 Å². The summed E-state index contributed by atoms with van der Waals surface area (Å²) >= 11 is 12.0. The molecule has 106 valence electrons. The summed E-state index contributed by atoms with van der Waals surface area (Å²) in [5.74, 6) is 0.753. The Morgan fingerprint density at radius 3 is 2.33 bits per heavy atom. The van der Waals surface area contributed by atoms with Crippen LogP contribution in [-0.2, 0) is 6.54 Å². The van der Waals surface area contributed by atoms with E-state index in [0.29, 0.717) is 16.6 Å². The lowest BCUT2D eigenvalue weighted by molar-refractivity contribution is 0.572. The van der Waals surface area contributed by atoms with Gasteiger partial charge in [0.15, 0.2) is 12.2 Å². The molecule has 1 aromatic heterocycles. The van der Waals surface area contributed by atoms with E-state index in [4.69, 9.17) is 27.6 Å². The van der Waals surface area contributed by atoms with Gasteiger partial charge in [0.05, 0.1) is 6.20 Å². The van der Waals surface area contributed by atoms with Crippen molar-refractivity contribution in [3.8, 4) is 11.3 Å². The molecule has 0 spiro atoms. The molecular weight excluding hydrogens is 307 g/mol. The van der Waals surface area contributed by atoms with Crippen LogP contribution in [0.2, 0.25) is 10.0 Å². The van der Waals surface area contributed by atoms with E-state index < -0.39 is 0 Å². The first-order valence-corrected chi connectivity index (χ1v) is 7.14. The minimum Gasteiger partial charge on any atom is -0.444 e. The highest BCUT2D eigenvalue weighted by Gasteiger charge is 2.02. The van der Waals surface area contributed by atoms with Gasteiger partial charge in [-0.05, 0) is 48.0 Å². The quantitative estimate of drug-likeness (QED) is 0.713. The monoisotopic (exact) mass is 318 g/mol. The molecule has 21 heavy (non-hydrogen) atoms. The maximum absolute atomic E-state index is 5.98. The SMILES string of the molecule is Clc1cc(Cl)cc(CNc2ccc(-c3cnco3)cc2)c1. The van der Waals surface area contributed by atoms with Gasteiger partial charge in [-0.25, -0.2) is 4.98 Å². The fraction of sp³-hybridized carbons (Fsp3) is 0.0625. The highest BCUT2D eigenvalue weighted by Crippen LogP contribution is 2.22. The van der Waals surface area contributed by atoms with Gasteiger partial charge in [0.2, 0.25) is 0 Å². The van der Waals surface area contributed by atoms with Crippen LogP contribution in [0, 0.1) is 0 Å². The van der Waals surface area contributed by atoms with Crippen LogP contribution in [0.5, 0.6) is 0 Å². The zero-order valence-corrected chi connectivity index (χ0v) is 12.5. The van der Waals surface area contributed by atoms with Crippen LogP contribution in [-0.4, -0.2) is 4.98 Å². The summed E-state index contributed by atoms with van der Waals surface area (Å²) in [6.07, 6.45) is 3.11. The first-order chi connectivity index (χ1) is 10.2. The molecule has 0 saturated carbocycles. The van der Waals surface area contributed by atoms with Gasteiger partial charge in [0.25, 0.3) is 0 Å². The number of rotatable bonds is 4. The topological polar surface area (TPSA) is 38.1 Å². The summed E-state index contributed by atoms with van der Waals surface area (Å²) in [6.45, 7) is 0.655. The number of halogens is 2. The number of aromatic nitrogens is 1. The summed E-state index contributed by atoms with van der Waals surface area (Å²) in [5, 5.41) is 4.60. The van der Waals surface area contributed by atoms with Crippen molar-refractivity contribution in [3.63, 3.8) is 0 Å². The predicted octanol–water partition coefficient (Wildman–Crippen LogP) is 5.26. The molecule has 0 aliphatic carbocycles. The summed E-state index contributed by atoms with van der Waals surface area (Å²) in [4.78, 5) is 3.91. The van der Waals surface area contributed by atoms with Gasteiger partial charge >= 0.3 is 0 Å². The minimum atomic E-state index is 0.639. The smallest absolute Gasteiger partial charge is 0.181 e. The first-order valence-electron chi connectivity index (χ1n) is 6.38. The molecule has 1 N–H and O–H groups in total. The van der Waals surface area contributed by atoms with Gasteiger partial charge in [0, 0.05) is 27.8 Å². The lowest BCUT2D eigenvalue weighted by Gasteiger charge is -2.08. The molecule has 5 heteroatoms. The zero-order chi connectivity index (χ0) is 14.7. The van der Waals surface area contributed by atoms with Crippen molar-refractivity contribution < 1.29 is 4.42 Å². The highest BCUT2D eigenvalue weighted by atomic mass is 35.5. The van der Waals surface area contributed by atoms with Gasteiger partial charge in [-0.1, -0.05) is 23.2 Å². The van der Waals surface area contributed by atoms with Crippen LogP contribution < -0.4 is 5.32 Å². The van der Waals surface area contributed by atoms with Crippen LogP contribution in [0.3, 0.4) is 0 Å². The fourth-order valence-electron chi connectivity index (χ4n) is 2.03. The second-order valence-corrected chi connectivity index (χ2v) is 5.45. The van der Waals surface area contributed by atoms with Crippen molar-refractivity contribution in [2.45, 2.75) is 6.54 Å². The summed E-state index contributed by atoms with van der Waals surface area (Å²) < 4.78 is 5.25. The number of oxazole rings is 1. The second kappa shape index (κ2) is 6.20. The standard InChI is InChI=1S/C16H12Cl2N2O/c17-13-5-11(6-14(18)7-13)8-20-15-3-1-12(2-4-15)16-9-19-10-21-16/h1-7,9-10,20H,8H2. The first kappa shape index (κ1) is 14.0. The molecule has 0 bridgehead atoms. The molecule has 0 amide bonds. The molecule has 3 rings (SSSR count). The summed E-state index contributed by atoms with van der Waals surface area (Å²) in [7, 11) is 0. The Morgan fingerprint density at radius 2 is 1.71 bits per heavy atom. The fourth-order valence-corrected chi connectivity index (χ4v) is 2.60. The van der Waals surface area contributed by atoms with Gasteiger partial charge in [-0.15, -0.1) is 0 Å². The van der Waals surface area contributed by atoms with Gasteiger partial charge < -0.3 is 9.73 Å². The number of nitrogens with one attached hydrogen (secondary N) is 1. The summed E-state index contributed by atoms with van der Waals surface area (Å²) in [6, 6.07) is 13.4. The summed E-state index contributed by atoms with van der Waals surface area (Å²) in [5.41, 5.74) is 3.03. The molecule has 0 aliphatic heterocycles. The maximum Gasteiger partial charge on any atom is 0.181 e. The molecule has 0 radical (unpaired) electrons. The number of benzene rings is 2. The molecular formula is C16H12Cl2N2O. The van der Waals surface area contributed by atoms with Crippen molar-refractivity contribution in [1.29, 1.82) is 0 Å². The molecule has 0 fully saturated rings. The molecule has 0 unspecified atom stereocenters. The Labute approximate surface area is 132 Å². The van der Waals surface area contributed by atoms with Crippen LogP contribution >= 0.6 is 23.2 Å². The van der Waals surface area contributed by atoms with Crippen LogP contribution in [0.25, 0.3) is 11.3 Å². The lowest BCUT2D eigenvalue weighted by atomic mass is 10.1. The molecule has 3 aromatic rings. The lowest BCUT2D eigenvalue weighted by Crippen LogP contribution is -1.99. The minimum absolute atomic E-state index is 0.639. The van der Waals surface area contributed by atoms with E-state index in [-0.39, 0.29) is 0 Å². The van der Waals surface area contributed by atoms with E-state index >= 15 is 0 Å². The molecule has 0 atom stereocenters. The van der Waals surface area contributed by atoms with Gasteiger partial charge in [-0.3, -0.25) is 0 Å². The van der Waals surface area contributed by atoms with Gasteiger partial charge in [0.1, 0.15) is 0 Å². The van der Waals surface area contributed by atoms with E-state index in [1.165, 1.54) is 6.39 Å². The Morgan fingerprint density at radius 1 is 1.00 bits per heavy atom. The number of hydrogen-bond acceptors (Lipinski definition) is 3. The van der Waals surface area contributed by atoms with E-state index in [1.807, 2.05) is 36.4 Å². The average Bonchev–Trinajstić information content (AvgIpc) is 2.99. The third-order valence-electron chi connectivity index (χ3n) is 3.02. The Hall–Kier alpha value is -1.97. The van der Waals surface area contributed by atoms with E-state index in [9.17, 15) is 0 Å². The second-order valence-electron chi connectivity index (χ2n) is 4.57. The van der Waals surface area contributed by atoms with E-state index in [0.717, 1.165) is 22.6 Å². The van der Waals surface area contributed by atoms with Crippen LogP contribution in [0.15, 0.2) is 59.5 Å². The van der Waals surface area contributed by atoms with Crippen molar-refractivity contribution >= 4 is 28.9 Å². The van der Waals surface area contributed by atoms with Crippen molar-refractivity contribution in [2.75, 3.05) is 5.32 Å². The normalized spacial score (nSPS) is 10.6. The largest absolute Gasteiger partial charge is 0.444 e. The van der Waals surface area contributed by atoms with E-state index in [2.05, 4.69) is 10.3 Å². The number of hydrogen-bond donors (Lipinski definition) is 1. The molecule has 0 aliphatic rings. The molecule has 2 aromatic carbocycles. The third kappa shape index (κ3) is 3.57. The van der Waals surface area contributed by atoms with Gasteiger partial charge in [-0.2, -0.15) is 0 Å². The Kier molecular flexibility index (Phi) is 4.13. The Balaban J connectivity index is 1.68. The molecule has 3 nitrogen and oxygen atoms in total. The maximum atomic E-state index is 5.98. The van der Waals surface area contributed by atoms with Crippen molar-refractivity contribution in [1.82, 2.24) is 4.98 Å². The number of anilines is 1. The zero-order valence-electron chi connectivity index (χ0n) is 11.0. The predicted molar refractivity (Wildman–Crippen MR) is 85.7 cm³/mol. The Bertz CT molecular complexity index is 704. The van der Waals surface area contributed by atoms with Crippen LogP contribution in [0.4, 0.5) is 5.69 Å². The molecule has 0 saturated heterocycles.